The zero-order valence-corrected chi connectivity index (χ0v) is 9.56. The Bertz CT molecular complexity index is 352. The first-order valence-corrected chi connectivity index (χ1v) is 5.27. The predicted octanol–water partition coefficient (Wildman–Crippen LogP) is 1.43. The topological polar surface area (TPSA) is 58.6 Å². The van der Waals surface area contributed by atoms with E-state index in [1.165, 1.54) is 7.11 Å². The molecule has 0 saturated carbocycles. The van der Waals surface area contributed by atoms with E-state index in [0.717, 1.165) is 5.56 Å². The number of aromatic hydroxyl groups is 1. The van der Waals surface area contributed by atoms with Gasteiger partial charge in [-0.05, 0) is 12.5 Å². The molecule has 1 aromatic rings. The fraction of sp³-hybridized carbons (Fsp3) is 0.417. The van der Waals surface area contributed by atoms with Crippen LogP contribution < -0.4 is 5.32 Å². The first-order valence-electron chi connectivity index (χ1n) is 5.27. The molecule has 0 fully saturated rings. The highest BCUT2D eigenvalue weighted by Gasteiger charge is 2.16. The monoisotopic (exact) mass is 223 g/mol. The first kappa shape index (κ1) is 12.5. The van der Waals surface area contributed by atoms with Gasteiger partial charge in [0.05, 0.1) is 7.11 Å². The van der Waals surface area contributed by atoms with E-state index in [1.54, 1.807) is 12.1 Å². The summed E-state index contributed by atoms with van der Waals surface area (Å²) in [7, 11) is 1.37. The van der Waals surface area contributed by atoms with Crippen LogP contribution >= 0.6 is 0 Å². The Hall–Kier alpha value is -1.55. The molecular weight excluding hydrogens is 206 g/mol. The number of carbonyl (C=O) groups excluding carboxylic acids is 1. The van der Waals surface area contributed by atoms with Crippen molar-refractivity contribution in [1.82, 2.24) is 5.32 Å². The highest BCUT2D eigenvalue weighted by molar-refractivity contribution is 5.75. The van der Waals surface area contributed by atoms with Gasteiger partial charge in [0, 0.05) is 12.1 Å². The highest BCUT2D eigenvalue weighted by atomic mass is 16.5. The Balaban J connectivity index is 2.56. The molecule has 0 radical (unpaired) electrons. The summed E-state index contributed by atoms with van der Waals surface area (Å²) < 4.78 is 4.66. The number of phenolic OH excluding ortho intramolecular Hbond substituents is 1. The van der Waals surface area contributed by atoms with E-state index < -0.39 is 0 Å². The van der Waals surface area contributed by atoms with Gasteiger partial charge in [0.1, 0.15) is 11.8 Å². The molecule has 0 bridgehead atoms. The second-order valence-corrected chi connectivity index (χ2v) is 3.49. The van der Waals surface area contributed by atoms with Crippen LogP contribution in [0.1, 0.15) is 18.9 Å². The van der Waals surface area contributed by atoms with Crippen molar-refractivity contribution in [2.45, 2.75) is 25.9 Å². The third-order valence-corrected chi connectivity index (χ3v) is 2.42. The molecule has 0 aliphatic rings. The number of methoxy groups -OCH3 is 1. The lowest BCUT2D eigenvalue weighted by molar-refractivity contribution is -0.143. The van der Waals surface area contributed by atoms with Crippen molar-refractivity contribution in [3.63, 3.8) is 0 Å². The lowest BCUT2D eigenvalue weighted by Gasteiger charge is -2.14. The zero-order chi connectivity index (χ0) is 12.0. The van der Waals surface area contributed by atoms with Crippen LogP contribution in [0.25, 0.3) is 0 Å². The van der Waals surface area contributed by atoms with Gasteiger partial charge in [-0.1, -0.05) is 25.1 Å². The van der Waals surface area contributed by atoms with E-state index in [4.69, 9.17) is 0 Å². The SMILES string of the molecule is CCC(NCc1ccccc1O)C(=O)OC. The normalized spacial score (nSPS) is 12.1. The maximum atomic E-state index is 11.3. The number of ether oxygens (including phenoxy) is 1. The Morgan fingerprint density at radius 2 is 2.19 bits per heavy atom. The number of rotatable bonds is 5. The number of esters is 1. The maximum Gasteiger partial charge on any atom is 0.322 e. The largest absolute Gasteiger partial charge is 0.508 e. The van der Waals surface area contributed by atoms with Gasteiger partial charge in [-0.15, -0.1) is 0 Å². The Morgan fingerprint density at radius 1 is 1.50 bits per heavy atom. The van der Waals surface area contributed by atoms with E-state index in [1.807, 2.05) is 19.1 Å². The second kappa shape index (κ2) is 6.12. The van der Waals surface area contributed by atoms with Crippen molar-refractivity contribution < 1.29 is 14.6 Å². The predicted molar refractivity (Wildman–Crippen MR) is 61.0 cm³/mol. The third kappa shape index (κ3) is 3.24. The van der Waals surface area contributed by atoms with Gasteiger partial charge in [-0.25, -0.2) is 0 Å². The summed E-state index contributed by atoms with van der Waals surface area (Å²) in [4.78, 5) is 11.3. The van der Waals surface area contributed by atoms with E-state index in [2.05, 4.69) is 10.1 Å². The molecule has 4 heteroatoms. The Labute approximate surface area is 95.2 Å². The fourth-order valence-electron chi connectivity index (χ4n) is 1.43. The van der Waals surface area contributed by atoms with Crippen LogP contribution in [-0.2, 0) is 16.1 Å². The Morgan fingerprint density at radius 3 is 2.75 bits per heavy atom. The fourth-order valence-corrected chi connectivity index (χ4v) is 1.43. The number of carbonyl (C=O) groups is 1. The maximum absolute atomic E-state index is 11.3. The molecule has 0 heterocycles. The lowest BCUT2D eigenvalue weighted by Crippen LogP contribution is -2.36. The minimum Gasteiger partial charge on any atom is -0.508 e. The number of phenols is 1. The van der Waals surface area contributed by atoms with Gasteiger partial charge >= 0.3 is 5.97 Å². The van der Waals surface area contributed by atoms with Crippen molar-refractivity contribution in [1.29, 1.82) is 0 Å². The van der Waals surface area contributed by atoms with E-state index >= 15 is 0 Å². The number of benzene rings is 1. The summed E-state index contributed by atoms with van der Waals surface area (Å²) in [6, 6.07) is 6.71. The van der Waals surface area contributed by atoms with Crippen molar-refractivity contribution in [2.24, 2.45) is 0 Å². The molecule has 2 N–H and O–H groups in total. The average Bonchev–Trinajstić information content (AvgIpc) is 2.31. The van der Waals surface area contributed by atoms with Crippen LogP contribution in [0.5, 0.6) is 5.75 Å². The molecule has 0 aliphatic heterocycles. The van der Waals surface area contributed by atoms with Gasteiger partial charge in [0.15, 0.2) is 0 Å². The minimum atomic E-state index is -0.329. The van der Waals surface area contributed by atoms with Crippen LogP contribution in [0, 0.1) is 0 Å². The van der Waals surface area contributed by atoms with Crippen LogP contribution in [0.3, 0.4) is 0 Å². The van der Waals surface area contributed by atoms with E-state index in [9.17, 15) is 9.90 Å². The van der Waals surface area contributed by atoms with E-state index in [-0.39, 0.29) is 17.8 Å². The minimum absolute atomic E-state index is 0.231. The molecule has 0 amide bonds. The van der Waals surface area contributed by atoms with Crippen LogP contribution in [0.15, 0.2) is 24.3 Å². The summed E-state index contributed by atoms with van der Waals surface area (Å²) in [6.07, 6.45) is 0.653. The van der Waals surface area contributed by atoms with Gasteiger partial charge in [-0.2, -0.15) is 0 Å². The lowest BCUT2D eigenvalue weighted by atomic mass is 10.1. The van der Waals surface area contributed by atoms with Crippen LogP contribution in [0.4, 0.5) is 0 Å². The molecule has 1 unspecified atom stereocenters. The van der Waals surface area contributed by atoms with Gasteiger partial charge in [-0.3, -0.25) is 4.79 Å². The summed E-state index contributed by atoms with van der Waals surface area (Å²) in [6.45, 7) is 2.35. The quantitative estimate of drug-likeness (QED) is 0.741. The summed E-state index contributed by atoms with van der Waals surface area (Å²) in [5.74, 6) is -0.0485. The number of para-hydroxylation sites is 1. The molecule has 16 heavy (non-hydrogen) atoms. The van der Waals surface area contributed by atoms with Crippen molar-refractivity contribution in [2.75, 3.05) is 7.11 Å². The summed E-state index contributed by atoms with van der Waals surface area (Å²) in [5, 5.41) is 12.6. The third-order valence-electron chi connectivity index (χ3n) is 2.42. The molecule has 0 aliphatic carbocycles. The molecule has 0 saturated heterocycles. The van der Waals surface area contributed by atoms with Crippen LogP contribution in [-0.4, -0.2) is 24.2 Å². The average molecular weight is 223 g/mol. The summed E-state index contributed by atoms with van der Waals surface area (Å²) in [5.41, 5.74) is 0.768. The zero-order valence-electron chi connectivity index (χ0n) is 9.56. The van der Waals surface area contributed by atoms with Crippen LogP contribution in [0.2, 0.25) is 0 Å². The summed E-state index contributed by atoms with van der Waals surface area (Å²) >= 11 is 0. The molecule has 0 spiro atoms. The number of hydrogen-bond donors (Lipinski definition) is 2. The van der Waals surface area contributed by atoms with Crippen molar-refractivity contribution in [3.05, 3.63) is 29.8 Å². The Kier molecular flexibility index (Phi) is 4.79. The molecule has 1 rings (SSSR count). The van der Waals surface area contributed by atoms with Crippen molar-refractivity contribution in [3.8, 4) is 5.75 Å². The van der Waals surface area contributed by atoms with Gasteiger partial charge < -0.3 is 15.2 Å². The van der Waals surface area contributed by atoms with E-state index in [0.29, 0.717) is 13.0 Å². The molecule has 88 valence electrons. The molecule has 1 aromatic carbocycles. The standard InChI is InChI=1S/C12H17NO3/c1-3-10(12(15)16-2)13-8-9-6-4-5-7-11(9)14/h4-7,10,13-14H,3,8H2,1-2H3. The highest BCUT2D eigenvalue weighted by Crippen LogP contribution is 2.15. The second-order valence-electron chi connectivity index (χ2n) is 3.49. The number of hydrogen-bond acceptors (Lipinski definition) is 4. The smallest absolute Gasteiger partial charge is 0.322 e. The van der Waals surface area contributed by atoms with Crippen molar-refractivity contribution >= 4 is 5.97 Å². The molecule has 0 aromatic heterocycles. The molecular formula is C12H17NO3. The van der Waals surface area contributed by atoms with Gasteiger partial charge in [0.2, 0.25) is 0 Å². The molecule has 4 nitrogen and oxygen atoms in total. The number of nitrogens with one attached hydrogen (secondary N) is 1. The first-order chi connectivity index (χ1) is 7.69. The van der Waals surface area contributed by atoms with Gasteiger partial charge in [0.25, 0.3) is 0 Å². The molecule has 1 atom stereocenters.